The molecule has 1 aromatic rings. The Kier molecular flexibility index (Phi) is 5.14. The summed E-state index contributed by atoms with van der Waals surface area (Å²) < 4.78 is 0. The van der Waals surface area contributed by atoms with E-state index in [0.717, 1.165) is 12.1 Å². The lowest BCUT2D eigenvalue weighted by atomic mass is 10.2. The van der Waals surface area contributed by atoms with E-state index in [1.165, 1.54) is 11.3 Å². The summed E-state index contributed by atoms with van der Waals surface area (Å²) in [4.78, 5) is 11.5. The number of rotatable bonds is 5. The van der Waals surface area contributed by atoms with E-state index in [-0.39, 0.29) is 18.7 Å². The Morgan fingerprint density at radius 2 is 2.47 bits per heavy atom. The Hall–Kier alpha value is -1.07. The van der Waals surface area contributed by atoms with E-state index in [0.29, 0.717) is 6.42 Å². The van der Waals surface area contributed by atoms with Gasteiger partial charge in [0.05, 0.1) is 5.69 Å². The van der Waals surface area contributed by atoms with Crippen LogP contribution in [0.2, 0.25) is 0 Å². The topological polar surface area (TPSA) is 61.4 Å². The fourth-order valence-electron chi connectivity index (χ4n) is 1.22. The number of hydrogen-bond donors (Lipinski definition) is 3. The fraction of sp³-hybridized carbons (Fsp3) is 0.500. The second-order valence-electron chi connectivity index (χ2n) is 3.23. The number of aliphatic hydroxyl groups excluding tert-OH is 1. The van der Waals surface area contributed by atoms with Crippen molar-refractivity contribution in [1.82, 2.24) is 5.32 Å². The third-order valence-electron chi connectivity index (χ3n) is 2.08. The van der Waals surface area contributed by atoms with E-state index >= 15 is 0 Å². The van der Waals surface area contributed by atoms with Crippen LogP contribution in [0.5, 0.6) is 0 Å². The van der Waals surface area contributed by atoms with Gasteiger partial charge < -0.3 is 15.7 Å². The van der Waals surface area contributed by atoms with Gasteiger partial charge in [0.15, 0.2) is 0 Å². The van der Waals surface area contributed by atoms with Crippen LogP contribution in [0.3, 0.4) is 0 Å². The summed E-state index contributed by atoms with van der Waals surface area (Å²) >= 11 is 1.53. The van der Waals surface area contributed by atoms with Crippen LogP contribution in [0.1, 0.15) is 19.8 Å². The summed E-state index contributed by atoms with van der Waals surface area (Å²) in [7, 11) is 0. The van der Waals surface area contributed by atoms with Crippen molar-refractivity contribution in [3.63, 3.8) is 0 Å². The second-order valence-corrected chi connectivity index (χ2v) is 4.01. The molecule has 1 unspecified atom stereocenters. The summed E-state index contributed by atoms with van der Waals surface area (Å²) in [6.45, 7) is 2.07. The summed E-state index contributed by atoms with van der Waals surface area (Å²) in [6, 6.07) is 1.67. The average Bonchev–Trinajstić information content (AvgIpc) is 2.69. The van der Waals surface area contributed by atoms with Gasteiger partial charge in [-0.3, -0.25) is 0 Å². The Balaban J connectivity index is 2.34. The molecule has 0 fully saturated rings. The Morgan fingerprint density at radius 1 is 1.67 bits per heavy atom. The maximum absolute atomic E-state index is 11.5. The SMILES string of the molecule is CCC(CCO)NC(=O)Nc1ccsc1. The van der Waals surface area contributed by atoms with Gasteiger partial charge in [-0.1, -0.05) is 6.92 Å². The van der Waals surface area contributed by atoms with Crippen molar-refractivity contribution < 1.29 is 9.90 Å². The number of hydrogen-bond acceptors (Lipinski definition) is 3. The molecule has 0 spiro atoms. The molecule has 15 heavy (non-hydrogen) atoms. The summed E-state index contributed by atoms with van der Waals surface area (Å²) in [5, 5.41) is 18.1. The first-order valence-corrected chi connectivity index (χ1v) is 5.91. The van der Waals surface area contributed by atoms with Gasteiger partial charge in [0.25, 0.3) is 0 Å². The molecular weight excluding hydrogens is 212 g/mol. The van der Waals surface area contributed by atoms with Crippen molar-refractivity contribution in [3.05, 3.63) is 16.8 Å². The minimum Gasteiger partial charge on any atom is -0.396 e. The second kappa shape index (κ2) is 6.42. The van der Waals surface area contributed by atoms with E-state index < -0.39 is 0 Å². The molecule has 0 saturated carbocycles. The molecule has 0 aromatic carbocycles. The summed E-state index contributed by atoms with van der Waals surface area (Å²) in [6.07, 6.45) is 1.41. The molecule has 84 valence electrons. The molecular formula is C10H16N2O2S. The van der Waals surface area contributed by atoms with Crippen molar-refractivity contribution in [2.45, 2.75) is 25.8 Å². The van der Waals surface area contributed by atoms with Crippen molar-refractivity contribution in [2.75, 3.05) is 11.9 Å². The van der Waals surface area contributed by atoms with Gasteiger partial charge in [-0.2, -0.15) is 11.3 Å². The Bertz CT molecular complexity index is 288. The monoisotopic (exact) mass is 228 g/mol. The molecule has 0 aliphatic carbocycles. The molecule has 1 rings (SSSR count). The third kappa shape index (κ3) is 4.31. The van der Waals surface area contributed by atoms with Crippen LogP contribution >= 0.6 is 11.3 Å². The Morgan fingerprint density at radius 3 is 3.00 bits per heavy atom. The summed E-state index contributed by atoms with van der Waals surface area (Å²) in [5.74, 6) is 0. The number of anilines is 1. The van der Waals surface area contributed by atoms with Gasteiger partial charge in [-0.15, -0.1) is 0 Å². The first-order chi connectivity index (χ1) is 7.26. The highest BCUT2D eigenvalue weighted by Gasteiger charge is 2.09. The predicted octanol–water partition coefficient (Wildman–Crippen LogP) is 2.03. The number of carbonyl (C=O) groups excluding carboxylic acids is 1. The smallest absolute Gasteiger partial charge is 0.319 e. The average molecular weight is 228 g/mol. The zero-order valence-corrected chi connectivity index (χ0v) is 9.51. The zero-order valence-electron chi connectivity index (χ0n) is 8.69. The molecule has 0 aliphatic rings. The highest BCUT2D eigenvalue weighted by atomic mass is 32.1. The molecule has 2 amide bonds. The van der Waals surface area contributed by atoms with Crippen molar-refractivity contribution >= 4 is 23.1 Å². The molecule has 1 atom stereocenters. The number of amides is 2. The van der Waals surface area contributed by atoms with Gasteiger partial charge >= 0.3 is 6.03 Å². The van der Waals surface area contributed by atoms with Crippen molar-refractivity contribution in [1.29, 1.82) is 0 Å². The number of urea groups is 1. The zero-order chi connectivity index (χ0) is 11.1. The normalized spacial score (nSPS) is 12.1. The minimum absolute atomic E-state index is 0.0358. The minimum atomic E-state index is -0.214. The van der Waals surface area contributed by atoms with Crippen LogP contribution in [0.25, 0.3) is 0 Å². The first-order valence-electron chi connectivity index (χ1n) is 4.96. The fourth-order valence-corrected chi connectivity index (χ4v) is 1.81. The Labute approximate surface area is 93.3 Å². The van der Waals surface area contributed by atoms with E-state index in [2.05, 4.69) is 10.6 Å². The van der Waals surface area contributed by atoms with Gasteiger partial charge in [0.1, 0.15) is 0 Å². The van der Waals surface area contributed by atoms with E-state index in [9.17, 15) is 4.79 Å². The van der Waals surface area contributed by atoms with Crippen LogP contribution < -0.4 is 10.6 Å². The molecule has 1 aromatic heterocycles. The van der Waals surface area contributed by atoms with Crippen molar-refractivity contribution in [3.8, 4) is 0 Å². The standard InChI is InChI=1S/C10H16N2O2S/c1-2-8(3-5-13)11-10(14)12-9-4-6-15-7-9/h4,6-8,13H,2-3,5H2,1H3,(H2,11,12,14). The molecule has 0 bridgehead atoms. The summed E-state index contributed by atoms with van der Waals surface area (Å²) in [5.41, 5.74) is 0.802. The third-order valence-corrected chi connectivity index (χ3v) is 2.77. The lowest BCUT2D eigenvalue weighted by molar-refractivity contribution is 0.237. The van der Waals surface area contributed by atoms with Gasteiger partial charge in [0, 0.05) is 18.0 Å². The molecule has 4 nitrogen and oxygen atoms in total. The van der Waals surface area contributed by atoms with Gasteiger partial charge in [-0.05, 0) is 24.3 Å². The van der Waals surface area contributed by atoms with Gasteiger partial charge in [0.2, 0.25) is 0 Å². The van der Waals surface area contributed by atoms with Crippen LogP contribution in [-0.4, -0.2) is 23.8 Å². The lowest BCUT2D eigenvalue weighted by Gasteiger charge is -2.15. The number of carbonyl (C=O) groups is 1. The molecule has 0 radical (unpaired) electrons. The first kappa shape index (κ1) is 12.0. The quantitative estimate of drug-likeness (QED) is 0.722. The molecule has 5 heteroatoms. The highest BCUT2D eigenvalue weighted by molar-refractivity contribution is 7.08. The van der Waals surface area contributed by atoms with Gasteiger partial charge in [-0.25, -0.2) is 4.79 Å². The van der Waals surface area contributed by atoms with E-state index in [1.807, 2.05) is 23.8 Å². The molecule has 0 saturated heterocycles. The van der Waals surface area contributed by atoms with E-state index in [4.69, 9.17) is 5.11 Å². The molecule has 3 N–H and O–H groups in total. The largest absolute Gasteiger partial charge is 0.396 e. The van der Waals surface area contributed by atoms with Crippen molar-refractivity contribution in [2.24, 2.45) is 0 Å². The van der Waals surface area contributed by atoms with Crippen LogP contribution in [0.15, 0.2) is 16.8 Å². The molecule has 1 heterocycles. The highest BCUT2D eigenvalue weighted by Crippen LogP contribution is 2.11. The van der Waals surface area contributed by atoms with Crippen LogP contribution in [0, 0.1) is 0 Å². The molecule has 0 aliphatic heterocycles. The van der Waals surface area contributed by atoms with Crippen LogP contribution in [-0.2, 0) is 0 Å². The predicted molar refractivity (Wildman–Crippen MR) is 62.3 cm³/mol. The number of aliphatic hydroxyl groups is 1. The maximum atomic E-state index is 11.5. The number of thiophene rings is 1. The lowest BCUT2D eigenvalue weighted by Crippen LogP contribution is -2.38. The maximum Gasteiger partial charge on any atom is 0.319 e. The van der Waals surface area contributed by atoms with E-state index in [1.54, 1.807) is 0 Å². The van der Waals surface area contributed by atoms with Crippen LogP contribution in [0.4, 0.5) is 10.5 Å². The number of nitrogens with one attached hydrogen (secondary N) is 2.